The molecule has 0 aliphatic carbocycles. The predicted octanol–water partition coefficient (Wildman–Crippen LogP) is 0.285. The van der Waals surface area contributed by atoms with E-state index in [1.54, 1.807) is 11.7 Å². The van der Waals surface area contributed by atoms with Crippen LogP contribution in [-0.2, 0) is 13.6 Å². The first kappa shape index (κ1) is 9.98. The Bertz CT molecular complexity index is 264. The number of aromatic nitrogens is 3. The molecule has 0 saturated heterocycles. The van der Waals surface area contributed by atoms with Crippen LogP contribution in [0.25, 0.3) is 0 Å². The molecule has 0 unspecified atom stereocenters. The standard InChI is InChI=1S/C8H17N5/c1-8(2,3)10-5-6-11-7(9)13(4)12-6/h10H,5H2,1-4H3,(H2,9,11,12). The SMILES string of the molecule is Cn1nc(CNC(C)(C)C)nc1N. The molecule has 1 heterocycles. The van der Waals surface area contributed by atoms with Crippen molar-refractivity contribution in [2.75, 3.05) is 5.73 Å². The molecule has 0 amide bonds. The first-order valence-corrected chi connectivity index (χ1v) is 4.29. The van der Waals surface area contributed by atoms with Gasteiger partial charge >= 0.3 is 0 Å². The van der Waals surface area contributed by atoms with E-state index >= 15 is 0 Å². The molecule has 0 spiro atoms. The summed E-state index contributed by atoms with van der Waals surface area (Å²) in [6.45, 7) is 6.94. The lowest BCUT2D eigenvalue weighted by atomic mass is 10.1. The Morgan fingerprint density at radius 2 is 2.08 bits per heavy atom. The zero-order valence-corrected chi connectivity index (χ0v) is 8.63. The average molecular weight is 183 g/mol. The van der Waals surface area contributed by atoms with Gasteiger partial charge in [-0.2, -0.15) is 10.1 Å². The van der Waals surface area contributed by atoms with Gasteiger partial charge in [0.1, 0.15) is 0 Å². The predicted molar refractivity (Wildman–Crippen MR) is 52.0 cm³/mol. The summed E-state index contributed by atoms with van der Waals surface area (Å²) in [5.74, 6) is 1.18. The molecule has 13 heavy (non-hydrogen) atoms. The van der Waals surface area contributed by atoms with Crippen LogP contribution in [0.3, 0.4) is 0 Å². The number of hydrogen-bond acceptors (Lipinski definition) is 4. The molecule has 0 saturated carbocycles. The molecule has 5 nitrogen and oxygen atoms in total. The summed E-state index contributed by atoms with van der Waals surface area (Å²) in [6, 6.07) is 0. The lowest BCUT2D eigenvalue weighted by Crippen LogP contribution is -2.35. The zero-order valence-electron chi connectivity index (χ0n) is 8.63. The van der Waals surface area contributed by atoms with E-state index in [-0.39, 0.29) is 5.54 Å². The van der Waals surface area contributed by atoms with Crippen molar-refractivity contribution in [3.63, 3.8) is 0 Å². The molecule has 0 bridgehead atoms. The van der Waals surface area contributed by atoms with Gasteiger partial charge in [-0.1, -0.05) is 0 Å². The van der Waals surface area contributed by atoms with Crippen molar-refractivity contribution < 1.29 is 0 Å². The summed E-state index contributed by atoms with van der Waals surface area (Å²) < 4.78 is 1.57. The van der Waals surface area contributed by atoms with Gasteiger partial charge in [0.05, 0.1) is 6.54 Å². The highest BCUT2D eigenvalue weighted by Crippen LogP contribution is 2.02. The molecule has 0 fully saturated rings. The third kappa shape index (κ3) is 3.02. The topological polar surface area (TPSA) is 68.8 Å². The van der Waals surface area contributed by atoms with Crippen LogP contribution in [0, 0.1) is 0 Å². The van der Waals surface area contributed by atoms with E-state index in [1.165, 1.54) is 0 Å². The molecule has 1 rings (SSSR count). The van der Waals surface area contributed by atoms with Crippen molar-refractivity contribution in [3.8, 4) is 0 Å². The van der Waals surface area contributed by atoms with E-state index in [0.717, 1.165) is 5.82 Å². The third-order valence-corrected chi connectivity index (χ3v) is 1.62. The highest BCUT2D eigenvalue weighted by Gasteiger charge is 2.10. The first-order valence-electron chi connectivity index (χ1n) is 4.29. The summed E-state index contributed by atoms with van der Waals surface area (Å²) >= 11 is 0. The Morgan fingerprint density at radius 1 is 1.46 bits per heavy atom. The van der Waals surface area contributed by atoms with Gasteiger partial charge in [-0.3, -0.25) is 0 Å². The van der Waals surface area contributed by atoms with Gasteiger partial charge in [0.25, 0.3) is 0 Å². The fraction of sp³-hybridized carbons (Fsp3) is 0.750. The fourth-order valence-electron chi connectivity index (χ4n) is 0.870. The van der Waals surface area contributed by atoms with Crippen LogP contribution in [0.2, 0.25) is 0 Å². The number of anilines is 1. The Hall–Kier alpha value is -1.10. The summed E-state index contributed by atoms with van der Waals surface area (Å²) in [7, 11) is 1.78. The fourth-order valence-corrected chi connectivity index (χ4v) is 0.870. The van der Waals surface area contributed by atoms with Gasteiger partial charge in [-0.25, -0.2) is 4.68 Å². The van der Waals surface area contributed by atoms with Crippen LogP contribution in [0.5, 0.6) is 0 Å². The van der Waals surface area contributed by atoms with E-state index in [2.05, 4.69) is 36.2 Å². The number of nitrogen functional groups attached to an aromatic ring is 1. The van der Waals surface area contributed by atoms with Crippen molar-refractivity contribution >= 4 is 5.95 Å². The number of rotatable bonds is 2. The Balaban J connectivity index is 2.56. The number of nitrogens with one attached hydrogen (secondary N) is 1. The molecule has 1 aromatic rings. The molecule has 5 heteroatoms. The lowest BCUT2D eigenvalue weighted by molar-refractivity contribution is 0.417. The van der Waals surface area contributed by atoms with Gasteiger partial charge in [-0.05, 0) is 20.8 Å². The third-order valence-electron chi connectivity index (χ3n) is 1.62. The van der Waals surface area contributed by atoms with E-state index < -0.39 is 0 Å². The Labute approximate surface area is 78.3 Å². The molecule has 0 atom stereocenters. The minimum absolute atomic E-state index is 0.0773. The molecule has 74 valence electrons. The van der Waals surface area contributed by atoms with Gasteiger partial charge < -0.3 is 11.1 Å². The normalized spacial score (nSPS) is 12.0. The number of aryl methyl sites for hydroxylation is 1. The second-order valence-corrected chi connectivity index (χ2v) is 4.11. The largest absolute Gasteiger partial charge is 0.368 e. The van der Waals surface area contributed by atoms with Crippen molar-refractivity contribution in [3.05, 3.63) is 5.82 Å². The molecule has 1 aromatic heterocycles. The molecule has 0 aromatic carbocycles. The van der Waals surface area contributed by atoms with Gasteiger partial charge in [0.2, 0.25) is 5.95 Å². The van der Waals surface area contributed by atoms with Crippen molar-refractivity contribution in [2.45, 2.75) is 32.9 Å². The second-order valence-electron chi connectivity index (χ2n) is 4.11. The van der Waals surface area contributed by atoms with E-state index in [9.17, 15) is 0 Å². The van der Waals surface area contributed by atoms with Crippen molar-refractivity contribution in [1.82, 2.24) is 20.1 Å². The van der Waals surface area contributed by atoms with Crippen LogP contribution in [0.1, 0.15) is 26.6 Å². The molecule has 3 N–H and O–H groups in total. The second kappa shape index (κ2) is 3.33. The maximum atomic E-state index is 5.54. The molecule has 0 aliphatic heterocycles. The summed E-state index contributed by atoms with van der Waals surface area (Å²) in [4.78, 5) is 4.08. The molecular weight excluding hydrogens is 166 g/mol. The van der Waals surface area contributed by atoms with Crippen molar-refractivity contribution in [1.29, 1.82) is 0 Å². The number of hydrogen-bond donors (Lipinski definition) is 2. The van der Waals surface area contributed by atoms with Crippen LogP contribution < -0.4 is 11.1 Å². The maximum Gasteiger partial charge on any atom is 0.218 e. The smallest absolute Gasteiger partial charge is 0.218 e. The van der Waals surface area contributed by atoms with Crippen molar-refractivity contribution in [2.24, 2.45) is 7.05 Å². The Kier molecular flexibility index (Phi) is 2.56. The van der Waals surface area contributed by atoms with Crippen LogP contribution >= 0.6 is 0 Å². The minimum atomic E-state index is 0.0773. The van der Waals surface area contributed by atoms with Crippen LogP contribution in [0.15, 0.2) is 0 Å². The monoisotopic (exact) mass is 183 g/mol. The lowest BCUT2D eigenvalue weighted by Gasteiger charge is -2.18. The zero-order chi connectivity index (χ0) is 10.1. The average Bonchev–Trinajstić information content (AvgIpc) is 2.27. The molecule has 0 aliphatic rings. The summed E-state index contributed by atoms with van der Waals surface area (Å²) in [5, 5.41) is 7.42. The van der Waals surface area contributed by atoms with Crippen LogP contribution in [-0.4, -0.2) is 20.3 Å². The highest BCUT2D eigenvalue weighted by molar-refractivity contribution is 5.15. The molecule has 0 radical (unpaired) electrons. The number of nitrogens with zero attached hydrogens (tertiary/aromatic N) is 3. The molecular formula is C8H17N5. The summed E-state index contributed by atoms with van der Waals surface area (Å²) in [5.41, 5.74) is 5.62. The van der Waals surface area contributed by atoms with Crippen LogP contribution in [0.4, 0.5) is 5.95 Å². The summed E-state index contributed by atoms with van der Waals surface area (Å²) in [6.07, 6.45) is 0. The van der Waals surface area contributed by atoms with Gasteiger partial charge in [0, 0.05) is 12.6 Å². The number of nitrogens with two attached hydrogens (primary N) is 1. The van der Waals surface area contributed by atoms with E-state index in [0.29, 0.717) is 12.5 Å². The van der Waals surface area contributed by atoms with Gasteiger partial charge in [0.15, 0.2) is 5.82 Å². The highest BCUT2D eigenvalue weighted by atomic mass is 15.4. The van der Waals surface area contributed by atoms with E-state index in [1.807, 2.05) is 0 Å². The Morgan fingerprint density at radius 3 is 2.46 bits per heavy atom. The maximum absolute atomic E-state index is 5.54. The van der Waals surface area contributed by atoms with Gasteiger partial charge in [-0.15, -0.1) is 0 Å². The minimum Gasteiger partial charge on any atom is -0.368 e. The van der Waals surface area contributed by atoms with E-state index in [4.69, 9.17) is 5.73 Å². The first-order chi connectivity index (χ1) is 5.88. The quantitative estimate of drug-likeness (QED) is 0.691.